The van der Waals surface area contributed by atoms with Gasteiger partial charge in [-0.05, 0) is 60.0 Å². The van der Waals surface area contributed by atoms with Gasteiger partial charge in [-0.15, -0.1) is 0 Å². The molecule has 38 heavy (non-hydrogen) atoms. The summed E-state index contributed by atoms with van der Waals surface area (Å²) in [6, 6.07) is 23.3. The van der Waals surface area contributed by atoms with Crippen LogP contribution in [0, 0.1) is 0 Å². The normalized spacial score (nSPS) is 12.6. The molecule has 0 spiro atoms. The maximum atomic E-state index is 13.0. The Morgan fingerprint density at radius 1 is 0.868 bits per heavy atom. The molecule has 9 heteroatoms. The van der Waals surface area contributed by atoms with Crippen LogP contribution in [-0.4, -0.2) is 38.6 Å². The predicted octanol–water partition coefficient (Wildman–Crippen LogP) is 5.59. The van der Waals surface area contributed by atoms with Gasteiger partial charge >= 0.3 is 6.03 Å². The number of hydrogen-bond acceptors (Lipinski definition) is 5. The summed E-state index contributed by atoms with van der Waals surface area (Å²) >= 11 is 0. The van der Waals surface area contributed by atoms with E-state index in [4.69, 9.17) is 4.74 Å². The third-order valence-electron chi connectivity index (χ3n) is 6.41. The second-order valence-electron chi connectivity index (χ2n) is 8.97. The maximum absolute atomic E-state index is 13.0. The van der Waals surface area contributed by atoms with Crippen molar-refractivity contribution in [2.75, 3.05) is 17.2 Å². The first-order chi connectivity index (χ1) is 18.6. The summed E-state index contributed by atoms with van der Waals surface area (Å²) in [7, 11) is 0. The van der Waals surface area contributed by atoms with E-state index in [9.17, 15) is 9.59 Å². The number of pyridine rings is 1. The fourth-order valence-electron chi connectivity index (χ4n) is 4.53. The van der Waals surface area contributed by atoms with Gasteiger partial charge in [0, 0.05) is 47.7 Å². The predicted molar refractivity (Wildman–Crippen MR) is 144 cm³/mol. The molecular formula is C29H24N6O3. The van der Waals surface area contributed by atoms with Gasteiger partial charge in [0.25, 0.3) is 5.91 Å². The molecule has 3 aromatic carbocycles. The van der Waals surface area contributed by atoms with Gasteiger partial charge in [0.2, 0.25) is 0 Å². The smallest absolute Gasteiger partial charge is 0.322 e. The van der Waals surface area contributed by atoms with Gasteiger partial charge in [-0.2, -0.15) is 5.10 Å². The van der Waals surface area contributed by atoms with Crippen molar-refractivity contribution in [3.8, 4) is 11.5 Å². The number of carbonyl (C=O) groups is 2. The summed E-state index contributed by atoms with van der Waals surface area (Å²) < 4.78 is 5.85. The van der Waals surface area contributed by atoms with Crippen LogP contribution >= 0.6 is 0 Å². The van der Waals surface area contributed by atoms with Crippen LogP contribution in [-0.2, 0) is 13.0 Å². The monoisotopic (exact) mass is 504 g/mol. The van der Waals surface area contributed by atoms with Crippen LogP contribution in [0.15, 0.2) is 91.3 Å². The lowest BCUT2D eigenvalue weighted by Gasteiger charge is -2.29. The minimum absolute atomic E-state index is 0.230. The lowest BCUT2D eigenvalue weighted by Crippen LogP contribution is -2.39. The Morgan fingerprint density at radius 3 is 2.53 bits per heavy atom. The molecule has 0 atom stereocenters. The first kappa shape index (κ1) is 23.2. The van der Waals surface area contributed by atoms with E-state index >= 15 is 0 Å². The summed E-state index contributed by atoms with van der Waals surface area (Å²) in [6.07, 6.45) is 4.29. The van der Waals surface area contributed by atoms with Crippen LogP contribution < -0.4 is 15.4 Å². The van der Waals surface area contributed by atoms with Crippen molar-refractivity contribution < 1.29 is 14.3 Å². The highest BCUT2D eigenvalue weighted by molar-refractivity contribution is 6.05. The van der Waals surface area contributed by atoms with Gasteiger partial charge in [-0.1, -0.05) is 30.3 Å². The molecule has 2 aromatic heterocycles. The van der Waals surface area contributed by atoms with Gasteiger partial charge in [0.05, 0.1) is 6.20 Å². The van der Waals surface area contributed by atoms with Crippen LogP contribution in [0.25, 0.3) is 11.0 Å². The summed E-state index contributed by atoms with van der Waals surface area (Å²) in [6.45, 7) is 1.03. The topological polar surface area (TPSA) is 112 Å². The van der Waals surface area contributed by atoms with Gasteiger partial charge < -0.3 is 20.3 Å². The molecule has 0 bridgehead atoms. The van der Waals surface area contributed by atoms with Crippen molar-refractivity contribution >= 4 is 34.3 Å². The average molecular weight is 505 g/mol. The number of carbonyl (C=O) groups excluding carboxylic acids is 2. The number of hydrogen-bond donors (Lipinski definition) is 3. The molecule has 3 N–H and O–H groups in total. The number of fused-ring (bicyclic) bond motifs is 3. The minimum Gasteiger partial charge on any atom is -0.457 e. The molecule has 0 radical (unpaired) electrons. The number of amides is 3. The number of nitrogens with zero attached hydrogens (tertiary/aromatic N) is 3. The van der Waals surface area contributed by atoms with E-state index in [-0.39, 0.29) is 11.9 Å². The van der Waals surface area contributed by atoms with Gasteiger partial charge in [0.1, 0.15) is 11.5 Å². The first-order valence-electron chi connectivity index (χ1n) is 12.2. The molecular weight excluding hydrogens is 480 g/mol. The van der Waals surface area contributed by atoms with Crippen molar-refractivity contribution in [2.24, 2.45) is 0 Å². The third kappa shape index (κ3) is 4.90. The second kappa shape index (κ2) is 10.1. The quantitative estimate of drug-likeness (QED) is 0.289. The van der Waals surface area contributed by atoms with E-state index in [1.54, 1.807) is 53.7 Å². The highest BCUT2D eigenvalue weighted by Gasteiger charge is 2.23. The van der Waals surface area contributed by atoms with Crippen LogP contribution in [0.2, 0.25) is 0 Å². The van der Waals surface area contributed by atoms with E-state index in [1.165, 1.54) is 5.56 Å². The fourth-order valence-corrected chi connectivity index (χ4v) is 4.53. The number of ether oxygens (including phenoxy) is 1. The molecule has 6 rings (SSSR count). The zero-order valence-electron chi connectivity index (χ0n) is 20.3. The molecule has 0 fully saturated rings. The maximum Gasteiger partial charge on any atom is 0.322 e. The van der Waals surface area contributed by atoms with E-state index in [2.05, 4.69) is 25.8 Å². The van der Waals surface area contributed by atoms with E-state index in [1.807, 2.05) is 42.5 Å². The lowest BCUT2D eigenvalue weighted by molar-refractivity contribution is 0.102. The highest BCUT2D eigenvalue weighted by Crippen LogP contribution is 2.26. The molecule has 9 nitrogen and oxygen atoms in total. The number of rotatable bonds is 5. The Labute approximate surface area is 218 Å². The number of nitrogens with one attached hydrogen (secondary N) is 3. The van der Waals surface area contributed by atoms with E-state index < -0.39 is 0 Å². The molecule has 0 unspecified atom stereocenters. The Balaban J connectivity index is 1.10. The van der Waals surface area contributed by atoms with Crippen molar-refractivity contribution in [2.45, 2.75) is 13.0 Å². The molecule has 0 saturated heterocycles. The molecule has 1 aliphatic heterocycles. The van der Waals surface area contributed by atoms with Crippen LogP contribution in [0.1, 0.15) is 21.5 Å². The van der Waals surface area contributed by atoms with Crippen molar-refractivity contribution in [3.05, 3.63) is 108 Å². The highest BCUT2D eigenvalue weighted by atomic mass is 16.5. The van der Waals surface area contributed by atoms with Gasteiger partial charge in [-0.25, -0.2) is 9.78 Å². The number of aromatic amines is 1. The molecule has 3 heterocycles. The standard InChI is InChI=1S/C29H24N6O3/c36-28(32-22-8-5-11-24(15-22)38-23-9-2-1-3-10-23)19-6-4-7-21(14-19)33-29(37)35-13-12-25-20(18-35)16-30-27-26(25)17-31-34-27/h1-11,14-17H,12-13,18H2,(H,32,36)(H,33,37)(H,30,31,34). The SMILES string of the molecule is O=C(Nc1cccc(Oc2ccccc2)c1)c1cccc(NC(=O)N2CCc3c(cnc4[nH]ncc34)C2)c1. The lowest BCUT2D eigenvalue weighted by atomic mass is 9.99. The third-order valence-corrected chi connectivity index (χ3v) is 6.41. The van der Waals surface area contributed by atoms with E-state index in [0.717, 1.165) is 23.0 Å². The van der Waals surface area contributed by atoms with Gasteiger partial charge in [0.15, 0.2) is 5.65 Å². The second-order valence-corrected chi connectivity index (χ2v) is 8.97. The Kier molecular flexibility index (Phi) is 6.15. The molecule has 1 aliphatic rings. The number of para-hydroxylation sites is 1. The van der Waals surface area contributed by atoms with Crippen LogP contribution in [0.3, 0.4) is 0 Å². The van der Waals surface area contributed by atoms with E-state index in [0.29, 0.717) is 41.5 Å². The van der Waals surface area contributed by atoms with Crippen molar-refractivity contribution in [1.82, 2.24) is 20.1 Å². The summed E-state index contributed by atoms with van der Waals surface area (Å²) in [5.41, 5.74) is 4.50. The van der Waals surface area contributed by atoms with Crippen LogP contribution in [0.5, 0.6) is 11.5 Å². The summed E-state index contributed by atoms with van der Waals surface area (Å²) in [4.78, 5) is 32.1. The fraction of sp³-hybridized carbons (Fsp3) is 0.103. The molecule has 0 saturated carbocycles. The number of aromatic nitrogens is 3. The molecule has 3 amide bonds. The number of benzene rings is 3. The summed E-state index contributed by atoms with van der Waals surface area (Å²) in [5.74, 6) is 1.03. The minimum atomic E-state index is -0.292. The largest absolute Gasteiger partial charge is 0.457 e. The number of anilines is 2. The van der Waals surface area contributed by atoms with Gasteiger partial charge in [-0.3, -0.25) is 9.89 Å². The number of urea groups is 1. The van der Waals surface area contributed by atoms with Crippen molar-refractivity contribution in [1.29, 1.82) is 0 Å². The Hall–Kier alpha value is -5.18. The molecule has 188 valence electrons. The zero-order chi connectivity index (χ0) is 25.9. The Bertz CT molecular complexity index is 1630. The molecule has 0 aliphatic carbocycles. The summed E-state index contributed by atoms with van der Waals surface area (Å²) in [5, 5.41) is 13.8. The molecule has 5 aromatic rings. The first-order valence-corrected chi connectivity index (χ1v) is 12.2. The average Bonchev–Trinajstić information content (AvgIpc) is 3.43. The Morgan fingerprint density at radius 2 is 1.66 bits per heavy atom. The van der Waals surface area contributed by atoms with Crippen molar-refractivity contribution in [3.63, 3.8) is 0 Å². The zero-order valence-corrected chi connectivity index (χ0v) is 20.3. The number of H-pyrrole nitrogens is 1. The van der Waals surface area contributed by atoms with Crippen LogP contribution in [0.4, 0.5) is 16.2 Å².